The fraction of sp³-hybridized carbons (Fsp3) is 0.368. The number of carboxylic acids is 2. The van der Waals surface area contributed by atoms with E-state index in [2.05, 4.69) is 19.3 Å². The van der Waals surface area contributed by atoms with Crippen molar-refractivity contribution in [3.8, 4) is 22.4 Å². The summed E-state index contributed by atoms with van der Waals surface area (Å²) in [6.45, 7) is 10.4. The zero-order valence-electron chi connectivity index (χ0n) is 43.0. The zero-order valence-corrected chi connectivity index (χ0v) is 46.3. The van der Waals surface area contributed by atoms with Crippen LogP contribution in [0, 0.1) is 18.8 Å². The van der Waals surface area contributed by atoms with Crippen LogP contribution in [-0.4, -0.2) is 110 Å². The number of piperazine rings is 1. The maximum absolute atomic E-state index is 15.0. The molecule has 408 valence electrons. The number of nitrogens with zero attached hydrogens (tertiary/aromatic N) is 5. The Kier molecular flexibility index (Phi) is 16.9. The van der Waals surface area contributed by atoms with Gasteiger partial charge in [-0.1, -0.05) is 60.1 Å². The van der Waals surface area contributed by atoms with Gasteiger partial charge in [0, 0.05) is 76.2 Å². The summed E-state index contributed by atoms with van der Waals surface area (Å²) in [6, 6.07) is 35.9. The van der Waals surface area contributed by atoms with Gasteiger partial charge in [0.05, 0.1) is 40.5 Å². The number of piperidine rings is 1. The van der Waals surface area contributed by atoms with E-state index in [4.69, 9.17) is 16.1 Å². The quantitative estimate of drug-likeness (QED) is 0.0621. The summed E-state index contributed by atoms with van der Waals surface area (Å²) >= 11 is 7.80. The van der Waals surface area contributed by atoms with Gasteiger partial charge >= 0.3 is 25.0 Å². The standard InChI is InChI=1S/C57H62ClF3N5O8PS2/c1-38(2)66-39(3)52(56(69)70)53(54(66)41-12-15-45(58)16-13-41)44-8-7-9-48(35-44)64-30-28-63(29-31-64)46-17-19-47(20-18-46)65-32-33-74-75(65,71)49-21-14-43(51(36-49)77(72,73)57(59,60)61)34-40(37-76-50-10-5-4-6-11-50)22-25-62-26-23-42(24-27-62)55(67)68/h4-21,35-36,38,40,42H,22-34,37H2,1-3H3,(H,67,68)(H,69,70)/t40-,75-/m0/s1. The van der Waals surface area contributed by atoms with Crippen molar-refractivity contribution >= 4 is 75.0 Å². The van der Waals surface area contributed by atoms with Crippen molar-refractivity contribution in [2.45, 2.75) is 67.8 Å². The Labute approximate surface area is 457 Å². The highest BCUT2D eigenvalue weighted by molar-refractivity contribution is 7.99. The molecule has 0 radical (unpaired) electrons. The maximum Gasteiger partial charge on any atom is 0.501 e. The van der Waals surface area contributed by atoms with E-state index in [1.807, 2.05) is 99.6 Å². The van der Waals surface area contributed by atoms with Gasteiger partial charge in [0.2, 0.25) is 0 Å². The third-order valence-electron chi connectivity index (χ3n) is 15.0. The molecule has 2 N–H and O–H groups in total. The van der Waals surface area contributed by atoms with E-state index in [0.717, 1.165) is 39.2 Å². The molecule has 4 heterocycles. The van der Waals surface area contributed by atoms with Crippen molar-refractivity contribution < 1.29 is 50.5 Å². The first-order valence-corrected chi connectivity index (χ1v) is 30.2. The lowest BCUT2D eigenvalue weighted by atomic mass is 9.95. The SMILES string of the molecule is Cc1c(C(=O)O)c(-c2cccc(N3CCN(c4ccc(N5CCO[P@@]5(=O)c5ccc(C[C@H](CCN6CCC(C(=O)O)CC6)CSc6ccccc6)c(S(=O)(=O)C(F)(F)F)c5)cc4)CC3)c2)c(-c2ccc(Cl)cc2)n1C(C)C. The number of carboxylic acid groups (broad SMARTS) is 2. The molecule has 0 bridgehead atoms. The normalized spacial score (nSPS) is 18.3. The Morgan fingerprint density at radius 1 is 0.792 bits per heavy atom. The van der Waals surface area contributed by atoms with Crippen LogP contribution in [-0.2, 0) is 30.1 Å². The van der Waals surface area contributed by atoms with Gasteiger partial charge in [-0.2, -0.15) is 13.2 Å². The third kappa shape index (κ3) is 12.0. The largest absolute Gasteiger partial charge is 0.501 e. The summed E-state index contributed by atoms with van der Waals surface area (Å²) < 4.78 is 95.2. The number of likely N-dealkylation sites (tertiary alicyclic amines) is 1. The summed E-state index contributed by atoms with van der Waals surface area (Å²) in [7, 11) is -10.0. The molecule has 3 saturated heterocycles. The highest BCUT2D eigenvalue weighted by Gasteiger charge is 2.49. The number of aromatic nitrogens is 1. The number of hydrogen-bond acceptors (Lipinski definition) is 10. The van der Waals surface area contributed by atoms with Crippen LogP contribution in [0.3, 0.4) is 0 Å². The summed E-state index contributed by atoms with van der Waals surface area (Å²) in [5.74, 6) is -2.04. The Balaban J connectivity index is 0.920. The molecular formula is C57H62ClF3N5O8PS2. The smallest absolute Gasteiger partial charge is 0.481 e. The summed E-state index contributed by atoms with van der Waals surface area (Å²) in [5.41, 5.74) is 0.674. The van der Waals surface area contributed by atoms with Crippen LogP contribution in [0.5, 0.6) is 0 Å². The van der Waals surface area contributed by atoms with E-state index in [0.29, 0.717) is 92.8 Å². The first kappa shape index (κ1) is 56.0. The summed E-state index contributed by atoms with van der Waals surface area (Å²) in [4.78, 5) is 31.2. The van der Waals surface area contributed by atoms with Crippen LogP contribution < -0.4 is 19.8 Å². The van der Waals surface area contributed by atoms with Crippen molar-refractivity contribution in [3.63, 3.8) is 0 Å². The number of hydrogen-bond donors (Lipinski definition) is 2. The predicted molar refractivity (Wildman–Crippen MR) is 299 cm³/mol. The second-order valence-electron chi connectivity index (χ2n) is 20.2. The molecule has 3 aliphatic heterocycles. The molecule has 0 saturated carbocycles. The van der Waals surface area contributed by atoms with E-state index in [9.17, 15) is 41.4 Å². The van der Waals surface area contributed by atoms with Crippen molar-refractivity contribution in [2.75, 3.05) is 79.2 Å². The number of thioether (sulfide) groups is 1. The summed E-state index contributed by atoms with van der Waals surface area (Å²) in [6.07, 6.45) is 1.52. The lowest BCUT2D eigenvalue weighted by Gasteiger charge is -2.37. The van der Waals surface area contributed by atoms with Gasteiger partial charge in [-0.15, -0.1) is 11.8 Å². The minimum atomic E-state index is -5.91. The van der Waals surface area contributed by atoms with Crippen molar-refractivity contribution in [1.82, 2.24) is 9.47 Å². The number of benzene rings is 5. The maximum atomic E-state index is 15.0. The van der Waals surface area contributed by atoms with Crippen molar-refractivity contribution in [3.05, 3.63) is 143 Å². The fourth-order valence-electron chi connectivity index (χ4n) is 11.0. The molecule has 6 aromatic rings. The van der Waals surface area contributed by atoms with Crippen molar-refractivity contribution in [1.29, 1.82) is 0 Å². The van der Waals surface area contributed by atoms with E-state index >= 15 is 4.57 Å². The van der Waals surface area contributed by atoms with Gasteiger partial charge in [-0.3, -0.25) is 14.0 Å². The lowest BCUT2D eigenvalue weighted by molar-refractivity contribution is -0.143. The van der Waals surface area contributed by atoms with Crippen LogP contribution in [0.15, 0.2) is 131 Å². The molecule has 2 atom stereocenters. The second-order valence-corrected chi connectivity index (χ2v) is 25.9. The fourth-order valence-corrected chi connectivity index (χ4v) is 15.5. The molecule has 0 aliphatic carbocycles. The third-order valence-corrected chi connectivity index (χ3v) is 20.6. The Bertz CT molecular complexity index is 3260. The molecule has 3 fully saturated rings. The van der Waals surface area contributed by atoms with Gasteiger partial charge in [-0.05, 0) is 161 Å². The first-order valence-electron chi connectivity index (χ1n) is 25.8. The topological polar surface area (TPSA) is 153 Å². The first-order chi connectivity index (χ1) is 36.7. The van der Waals surface area contributed by atoms with Crippen LogP contribution in [0.1, 0.15) is 60.8 Å². The Hall–Kier alpha value is -5.75. The van der Waals surface area contributed by atoms with Crippen LogP contribution in [0.25, 0.3) is 22.4 Å². The second kappa shape index (κ2) is 23.3. The predicted octanol–water partition coefficient (Wildman–Crippen LogP) is 12.2. The molecule has 0 amide bonds. The minimum Gasteiger partial charge on any atom is -0.481 e. The number of carbonyl (C=O) groups is 2. The van der Waals surface area contributed by atoms with Gasteiger partial charge in [0.25, 0.3) is 9.84 Å². The highest BCUT2D eigenvalue weighted by atomic mass is 35.5. The molecule has 13 nitrogen and oxygen atoms in total. The highest BCUT2D eigenvalue weighted by Crippen LogP contribution is 2.56. The molecular weight excluding hydrogens is 1070 g/mol. The average Bonchev–Trinajstić information content (AvgIpc) is 4.01. The van der Waals surface area contributed by atoms with E-state index < -0.39 is 45.6 Å². The number of aromatic carboxylic acids is 1. The van der Waals surface area contributed by atoms with Crippen molar-refractivity contribution in [2.24, 2.45) is 11.8 Å². The number of sulfone groups is 1. The number of rotatable bonds is 18. The lowest BCUT2D eigenvalue weighted by Crippen LogP contribution is -2.46. The van der Waals surface area contributed by atoms with Crippen LogP contribution >= 0.6 is 30.9 Å². The number of halogens is 4. The van der Waals surface area contributed by atoms with E-state index in [1.165, 1.54) is 28.6 Å². The molecule has 77 heavy (non-hydrogen) atoms. The zero-order chi connectivity index (χ0) is 54.8. The van der Waals surface area contributed by atoms with Crippen LogP contribution in [0.4, 0.5) is 30.2 Å². The number of anilines is 3. The Morgan fingerprint density at radius 3 is 2.06 bits per heavy atom. The van der Waals surface area contributed by atoms with Gasteiger partial charge in [0.15, 0.2) is 0 Å². The number of aliphatic carboxylic acids is 1. The van der Waals surface area contributed by atoms with Gasteiger partial charge < -0.3 is 34.0 Å². The molecule has 5 aromatic carbocycles. The molecule has 9 rings (SSSR count). The average molecular weight is 1130 g/mol. The molecule has 20 heteroatoms. The van der Waals surface area contributed by atoms with Gasteiger partial charge in [-0.25, -0.2) is 13.2 Å². The van der Waals surface area contributed by atoms with Gasteiger partial charge in [0.1, 0.15) is 0 Å². The van der Waals surface area contributed by atoms with E-state index in [1.54, 1.807) is 24.3 Å². The Morgan fingerprint density at radius 2 is 1.44 bits per heavy atom. The molecule has 3 aliphatic rings. The monoisotopic (exact) mass is 1130 g/mol. The minimum absolute atomic E-state index is 0.000178. The van der Waals surface area contributed by atoms with E-state index in [-0.39, 0.29) is 48.0 Å². The molecule has 0 spiro atoms. The molecule has 0 unspecified atom stereocenters. The van der Waals surface area contributed by atoms with Crippen LogP contribution in [0.2, 0.25) is 5.02 Å². The number of alkyl halides is 3. The molecule has 1 aromatic heterocycles. The summed E-state index contributed by atoms with van der Waals surface area (Å²) in [5, 5.41) is 20.5.